The molecule has 0 aliphatic heterocycles. The van der Waals surface area contributed by atoms with E-state index in [9.17, 15) is 0 Å². The summed E-state index contributed by atoms with van der Waals surface area (Å²) in [5.74, 6) is 0. The second-order valence-corrected chi connectivity index (χ2v) is 12.1. The van der Waals surface area contributed by atoms with Crippen molar-refractivity contribution in [1.82, 2.24) is 14.8 Å². The molecule has 0 amide bonds. The minimum absolute atomic E-state index is 0.333. The summed E-state index contributed by atoms with van der Waals surface area (Å²) in [5.41, 5.74) is 13.9. The topological polar surface area (TPSA) is 30.7 Å². The van der Waals surface area contributed by atoms with Crippen LogP contribution in [0.3, 0.4) is 0 Å². The molecule has 46 heavy (non-hydrogen) atoms. The van der Waals surface area contributed by atoms with E-state index in [4.69, 9.17) is 4.98 Å². The Bertz CT molecular complexity index is 2110. The van der Waals surface area contributed by atoms with E-state index >= 15 is 0 Å². The van der Waals surface area contributed by atoms with Crippen LogP contribution in [-0.4, -0.2) is 14.8 Å². The smallest absolute Gasteiger partial charge is 0.137 e. The third-order valence-corrected chi connectivity index (χ3v) is 9.70. The number of rotatable bonds is 3. The maximum atomic E-state index is 4.73. The molecule has 2 heterocycles. The Labute approximate surface area is 275 Å². The SMILES string of the molecule is C=CC.CC.c1cc(-c2ccc3c(c2)C2(c4ccccc4-c4ccccc42)c2ccccc2-3)cc(-c2ncc(-n3cccn3)s2)c1. The molecule has 0 saturated carbocycles. The summed E-state index contributed by atoms with van der Waals surface area (Å²) in [6.45, 7) is 9.25. The molecule has 0 saturated heterocycles. The minimum Gasteiger partial charge on any atom is -0.242 e. The molecule has 5 aromatic carbocycles. The maximum absolute atomic E-state index is 4.73. The van der Waals surface area contributed by atoms with Gasteiger partial charge in [0.25, 0.3) is 0 Å². The van der Waals surface area contributed by atoms with Gasteiger partial charge in [-0.15, -0.1) is 6.58 Å². The molecular formula is C42H35N3S. The summed E-state index contributed by atoms with van der Waals surface area (Å²) in [4.78, 5) is 4.73. The fourth-order valence-corrected chi connectivity index (χ4v) is 7.87. The van der Waals surface area contributed by atoms with Gasteiger partial charge >= 0.3 is 0 Å². The minimum atomic E-state index is -0.333. The number of thiazole rings is 1. The zero-order valence-electron chi connectivity index (χ0n) is 26.3. The molecule has 0 unspecified atom stereocenters. The number of aromatic nitrogens is 3. The van der Waals surface area contributed by atoms with Gasteiger partial charge in [0.05, 0.1) is 11.6 Å². The Balaban J connectivity index is 0.000000642. The lowest BCUT2D eigenvalue weighted by Gasteiger charge is -2.30. The van der Waals surface area contributed by atoms with E-state index in [-0.39, 0.29) is 5.41 Å². The van der Waals surface area contributed by atoms with Gasteiger partial charge in [-0.3, -0.25) is 0 Å². The van der Waals surface area contributed by atoms with Crippen LogP contribution in [0.4, 0.5) is 0 Å². The third-order valence-electron chi connectivity index (χ3n) is 8.66. The molecule has 1 spiro atoms. The molecule has 2 aliphatic rings. The van der Waals surface area contributed by atoms with Crippen LogP contribution in [0.15, 0.2) is 153 Å². The number of hydrogen-bond acceptors (Lipinski definition) is 3. The van der Waals surface area contributed by atoms with Crippen molar-refractivity contribution in [2.75, 3.05) is 0 Å². The van der Waals surface area contributed by atoms with Crippen LogP contribution in [0.25, 0.3) is 49.0 Å². The quantitative estimate of drug-likeness (QED) is 0.186. The molecule has 0 radical (unpaired) electrons. The van der Waals surface area contributed by atoms with E-state index in [0.717, 1.165) is 15.6 Å². The number of hydrogen-bond donors (Lipinski definition) is 0. The highest BCUT2D eigenvalue weighted by molar-refractivity contribution is 7.17. The van der Waals surface area contributed by atoms with Crippen molar-refractivity contribution in [3.8, 4) is 49.0 Å². The normalized spacial score (nSPS) is 12.5. The molecule has 7 aromatic rings. The first-order valence-electron chi connectivity index (χ1n) is 15.8. The summed E-state index contributed by atoms with van der Waals surface area (Å²) in [6, 6.07) is 44.6. The standard InChI is InChI=1S/C37H23N3S.C3H6.C2H6/c1-4-14-31-27(11-1)28-12-2-5-15-32(28)37(31)33-16-6-3-13-29(33)30-18-17-25(22-34(30)37)24-9-7-10-26(21-24)36-38-23-35(41-36)40-20-8-19-39-40;1-3-2;1-2/h1-23H;3H,1H2,2H3;1-2H3. The molecule has 2 aromatic heterocycles. The van der Waals surface area contributed by atoms with E-state index in [1.54, 1.807) is 23.6 Å². The van der Waals surface area contributed by atoms with Crippen LogP contribution in [0.1, 0.15) is 43.0 Å². The van der Waals surface area contributed by atoms with Crippen molar-refractivity contribution in [1.29, 1.82) is 0 Å². The summed E-state index contributed by atoms with van der Waals surface area (Å²) in [6.07, 6.45) is 7.39. The van der Waals surface area contributed by atoms with E-state index < -0.39 is 0 Å². The van der Waals surface area contributed by atoms with E-state index in [1.165, 1.54) is 55.6 Å². The number of fused-ring (bicyclic) bond motifs is 10. The zero-order valence-corrected chi connectivity index (χ0v) is 27.1. The third kappa shape index (κ3) is 4.48. The summed E-state index contributed by atoms with van der Waals surface area (Å²) in [5, 5.41) is 6.36. The molecule has 4 heteroatoms. The first-order chi connectivity index (χ1) is 22.7. The molecule has 2 aliphatic carbocycles. The van der Waals surface area contributed by atoms with Gasteiger partial charge in [0, 0.05) is 18.0 Å². The van der Waals surface area contributed by atoms with Crippen molar-refractivity contribution in [2.24, 2.45) is 0 Å². The van der Waals surface area contributed by atoms with E-state index in [1.807, 2.05) is 43.9 Å². The molecule has 224 valence electrons. The lowest BCUT2D eigenvalue weighted by molar-refractivity contribution is 0.794. The Morgan fingerprint density at radius 2 is 1.17 bits per heavy atom. The van der Waals surface area contributed by atoms with Gasteiger partial charge in [-0.1, -0.05) is 134 Å². The van der Waals surface area contributed by atoms with Crippen molar-refractivity contribution in [2.45, 2.75) is 26.2 Å². The van der Waals surface area contributed by atoms with Crippen LogP contribution in [0.5, 0.6) is 0 Å². The fraction of sp³-hybridized carbons (Fsp3) is 0.0952. The lowest BCUT2D eigenvalue weighted by Crippen LogP contribution is -2.25. The number of allylic oxidation sites excluding steroid dienone is 1. The summed E-state index contributed by atoms with van der Waals surface area (Å²) < 4.78 is 1.86. The molecule has 0 bridgehead atoms. The molecule has 0 atom stereocenters. The molecular weight excluding hydrogens is 579 g/mol. The van der Waals surface area contributed by atoms with Crippen molar-refractivity contribution in [3.63, 3.8) is 0 Å². The second-order valence-electron chi connectivity index (χ2n) is 11.1. The lowest BCUT2D eigenvalue weighted by atomic mass is 9.70. The zero-order chi connectivity index (χ0) is 31.7. The highest BCUT2D eigenvalue weighted by atomic mass is 32.1. The first-order valence-corrected chi connectivity index (χ1v) is 16.6. The molecule has 3 nitrogen and oxygen atoms in total. The van der Waals surface area contributed by atoms with Crippen molar-refractivity contribution in [3.05, 3.63) is 175 Å². The maximum Gasteiger partial charge on any atom is 0.137 e. The van der Waals surface area contributed by atoms with Gasteiger partial charge in [-0.2, -0.15) is 5.10 Å². The van der Waals surface area contributed by atoms with Gasteiger partial charge in [0.15, 0.2) is 0 Å². The van der Waals surface area contributed by atoms with Crippen LogP contribution >= 0.6 is 11.3 Å². The molecule has 0 fully saturated rings. The highest BCUT2D eigenvalue weighted by Crippen LogP contribution is 2.62. The number of nitrogens with zero attached hydrogens (tertiary/aromatic N) is 3. The monoisotopic (exact) mass is 613 g/mol. The van der Waals surface area contributed by atoms with Gasteiger partial charge in [-0.25, -0.2) is 9.67 Å². The van der Waals surface area contributed by atoms with Gasteiger partial charge in [-0.05, 0) is 80.8 Å². The largest absolute Gasteiger partial charge is 0.242 e. The van der Waals surface area contributed by atoms with Crippen LogP contribution < -0.4 is 0 Å². The predicted molar refractivity (Wildman–Crippen MR) is 194 cm³/mol. The van der Waals surface area contributed by atoms with Gasteiger partial charge < -0.3 is 0 Å². The Kier molecular flexibility index (Phi) is 7.81. The van der Waals surface area contributed by atoms with Crippen LogP contribution in [-0.2, 0) is 5.41 Å². The highest BCUT2D eigenvalue weighted by Gasteiger charge is 2.51. The van der Waals surface area contributed by atoms with Crippen molar-refractivity contribution >= 4 is 11.3 Å². The summed E-state index contributed by atoms with van der Waals surface area (Å²) >= 11 is 1.65. The van der Waals surface area contributed by atoms with E-state index in [0.29, 0.717) is 0 Å². The fourth-order valence-electron chi connectivity index (χ4n) is 7.01. The Morgan fingerprint density at radius 3 is 1.76 bits per heavy atom. The summed E-state index contributed by atoms with van der Waals surface area (Å²) in [7, 11) is 0. The van der Waals surface area contributed by atoms with Crippen molar-refractivity contribution < 1.29 is 0 Å². The Morgan fingerprint density at radius 1 is 0.630 bits per heavy atom. The Hall–Kier alpha value is -5.32. The van der Waals surface area contributed by atoms with Gasteiger partial charge in [0.2, 0.25) is 0 Å². The average molecular weight is 614 g/mol. The molecule has 9 rings (SSSR count). The first kappa shape index (κ1) is 29.4. The van der Waals surface area contributed by atoms with E-state index in [2.05, 4.69) is 127 Å². The van der Waals surface area contributed by atoms with Gasteiger partial charge in [0.1, 0.15) is 10.0 Å². The van der Waals surface area contributed by atoms with Crippen LogP contribution in [0.2, 0.25) is 0 Å². The predicted octanol–water partition coefficient (Wildman–Crippen LogP) is 11.2. The number of benzene rings is 5. The second kappa shape index (κ2) is 12.2. The molecule has 0 N–H and O–H groups in total. The average Bonchev–Trinajstić information content (AvgIpc) is 3.92. The van der Waals surface area contributed by atoms with Crippen LogP contribution in [0, 0.1) is 0 Å².